The molecule has 0 aromatic carbocycles. The second kappa shape index (κ2) is 2.77. The van der Waals surface area contributed by atoms with Crippen LogP contribution in [0.5, 0.6) is 0 Å². The summed E-state index contributed by atoms with van der Waals surface area (Å²) >= 11 is 0. The molecule has 0 bridgehead atoms. The van der Waals surface area contributed by atoms with Gasteiger partial charge in [0.1, 0.15) is 5.82 Å². The van der Waals surface area contributed by atoms with Crippen LogP contribution >= 0.6 is 0 Å². The first kappa shape index (κ1) is 7.58. The number of nitrogens with zero attached hydrogens (tertiary/aromatic N) is 2. The first-order valence-electron chi connectivity index (χ1n) is 4.48. The highest BCUT2D eigenvalue weighted by atomic mass is 16.1. The van der Waals surface area contributed by atoms with Gasteiger partial charge < -0.3 is 0 Å². The van der Waals surface area contributed by atoms with E-state index in [0.29, 0.717) is 5.92 Å². The van der Waals surface area contributed by atoms with Gasteiger partial charge in [0.15, 0.2) is 0 Å². The van der Waals surface area contributed by atoms with Crippen LogP contribution in [-0.4, -0.2) is 14.8 Å². The van der Waals surface area contributed by atoms with Crippen molar-refractivity contribution in [1.82, 2.24) is 14.8 Å². The lowest BCUT2D eigenvalue weighted by Gasteiger charge is -2.00. The molecule has 2 rings (SSSR count). The fourth-order valence-corrected chi connectivity index (χ4v) is 1.42. The molecule has 0 spiro atoms. The highest BCUT2D eigenvalue weighted by molar-refractivity contribution is 5.04. The first-order valence-corrected chi connectivity index (χ1v) is 4.48. The number of hydrogen-bond donors (Lipinski definition) is 1. The summed E-state index contributed by atoms with van der Waals surface area (Å²) in [4.78, 5) is 11.2. The van der Waals surface area contributed by atoms with Gasteiger partial charge in [0.25, 0.3) is 0 Å². The second-order valence-electron chi connectivity index (χ2n) is 3.31. The second-order valence-corrected chi connectivity index (χ2v) is 3.31. The Balaban J connectivity index is 2.33. The molecule has 1 aromatic rings. The Labute approximate surface area is 70.6 Å². The van der Waals surface area contributed by atoms with Crippen molar-refractivity contribution in [2.24, 2.45) is 0 Å². The van der Waals surface area contributed by atoms with E-state index in [4.69, 9.17) is 0 Å². The Morgan fingerprint density at radius 2 is 2.42 bits per heavy atom. The van der Waals surface area contributed by atoms with Crippen LogP contribution in [0.15, 0.2) is 4.79 Å². The predicted octanol–water partition coefficient (Wildman–Crippen LogP) is 0.859. The molecular formula is C8H13N3O. The van der Waals surface area contributed by atoms with E-state index in [1.807, 2.05) is 0 Å². The number of nitrogens with one attached hydrogen (secondary N) is 1. The SMILES string of the molecule is CCCn1c(C2CC2)n[nH]c1=O. The third-order valence-electron chi connectivity index (χ3n) is 2.18. The molecule has 1 heterocycles. The molecule has 1 aliphatic rings. The summed E-state index contributed by atoms with van der Waals surface area (Å²) in [7, 11) is 0. The van der Waals surface area contributed by atoms with E-state index in [2.05, 4.69) is 17.1 Å². The molecule has 12 heavy (non-hydrogen) atoms. The molecule has 1 N–H and O–H groups in total. The maximum Gasteiger partial charge on any atom is 0.343 e. The lowest BCUT2D eigenvalue weighted by molar-refractivity contribution is 0.622. The van der Waals surface area contributed by atoms with Crippen LogP contribution in [0.4, 0.5) is 0 Å². The van der Waals surface area contributed by atoms with Crippen molar-refractivity contribution in [3.8, 4) is 0 Å². The van der Waals surface area contributed by atoms with Crippen molar-refractivity contribution in [3.63, 3.8) is 0 Å². The van der Waals surface area contributed by atoms with Gasteiger partial charge in [-0.1, -0.05) is 6.92 Å². The van der Waals surface area contributed by atoms with Crippen LogP contribution in [0.3, 0.4) is 0 Å². The zero-order chi connectivity index (χ0) is 8.55. The van der Waals surface area contributed by atoms with Gasteiger partial charge >= 0.3 is 5.69 Å². The molecule has 1 aliphatic carbocycles. The molecule has 1 saturated carbocycles. The zero-order valence-electron chi connectivity index (χ0n) is 7.21. The van der Waals surface area contributed by atoms with E-state index in [-0.39, 0.29) is 5.69 Å². The number of rotatable bonds is 3. The van der Waals surface area contributed by atoms with Gasteiger partial charge in [-0.15, -0.1) is 0 Å². The fourth-order valence-electron chi connectivity index (χ4n) is 1.42. The third-order valence-corrected chi connectivity index (χ3v) is 2.18. The Bertz CT molecular complexity index is 321. The van der Waals surface area contributed by atoms with Crippen molar-refractivity contribution < 1.29 is 0 Å². The van der Waals surface area contributed by atoms with Crippen molar-refractivity contribution in [2.75, 3.05) is 0 Å². The standard InChI is InChI=1S/C8H13N3O/c1-2-5-11-7(6-3-4-6)9-10-8(11)12/h6H,2-5H2,1H3,(H,10,12). The first-order chi connectivity index (χ1) is 5.83. The summed E-state index contributed by atoms with van der Waals surface area (Å²) < 4.78 is 1.76. The Morgan fingerprint density at radius 3 is 3.00 bits per heavy atom. The van der Waals surface area contributed by atoms with Gasteiger partial charge in [-0.2, -0.15) is 5.10 Å². The molecule has 0 saturated heterocycles. The van der Waals surface area contributed by atoms with Gasteiger partial charge in [0.2, 0.25) is 0 Å². The third kappa shape index (κ3) is 1.17. The van der Waals surface area contributed by atoms with E-state index >= 15 is 0 Å². The number of aromatic amines is 1. The molecule has 0 amide bonds. The van der Waals surface area contributed by atoms with E-state index in [0.717, 1.165) is 18.8 Å². The molecule has 0 radical (unpaired) electrons. The minimum atomic E-state index is -0.0567. The van der Waals surface area contributed by atoms with Gasteiger partial charge in [-0.05, 0) is 19.3 Å². The summed E-state index contributed by atoms with van der Waals surface area (Å²) in [5, 5.41) is 6.52. The van der Waals surface area contributed by atoms with Crippen LogP contribution in [0.25, 0.3) is 0 Å². The summed E-state index contributed by atoms with van der Waals surface area (Å²) in [6, 6.07) is 0. The van der Waals surface area contributed by atoms with Crippen LogP contribution in [0, 0.1) is 0 Å². The Kier molecular flexibility index (Phi) is 1.75. The normalized spacial score (nSPS) is 16.8. The van der Waals surface area contributed by atoms with E-state index in [9.17, 15) is 4.79 Å². The average Bonchev–Trinajstić information content (AvgIpc) is 2.82. The predicted molar refractivity (Wildman–Crippen MR) is 45.1 cm³/mol. The molecule has 4 nitrogen and oxygen atoms in total. The van der Waals surface area contributed by atoms with Crippen molar-refractivity contribution in [1.29, 1.82) is 0 Å². The molecule has 0 aliphatic heterocycles. The highest BCUT2D eigenvalue weighted by Crippen LogP contribution is 2.38. The maximum absolute atomic E-state index is 11.2. The minimum absolute atomic E-state index is 0.0567. The maximum atomic E-state index is 11.2. The molecule has 0 atom stereocenters. The van der Waals surface area contributed by atoms with Crippen LogP contribution in [0.1, 0.15) is 37.9 Å². The number of aromatic nitrogens is 3. The lowest BCUT2D eigenvalue weighted by atomic mass is 10.4. The topological polar surface area (TPSA) is 50.7 Å². The summed E-state index contributed by atoms with van der Waals surface area (Å²) in [6.07, 6.45) is 3.36. The van der Waals surface area contributed by atoms with Gasteiger partial charge in [0, 0.05) is 12.5 Å². The number of H-pyrrole nitrogens is 1. The monoisotopic (exact) mass is 167 g/mol. The highest BCUT2D eigenvalue weighted by Gasteiger charge is 2.29. The van der Waals surface area contributed by atoms with Gasteiger partial charge in [-0.25, -0.2) is 9.89 Å². The molecule has 1 fully saturated rings. The lowest BCUT2D eigenvalue weighted by Crippen LogP contribution is -2.18. The Hall–Kier alpha value is -1.06. The smallest absolute Gasteiger partial charge is 0.279 e. The largest absolute Gasteiger partial charge is 0.343 e. The van der Waals surface area contributed by atoms with E-state index in [1.54, 1.807) is 4.57 Å². The van der Waals surface area contributed by atoms with Crippen molar-refractivity contribution >= 4 is 0 Å². The molecule has 66 valence electrons. The van der Waals surface area contributed by atoms with Crippen molar-refractivity contribution in [3.05, 3.63) is 16.3 Å². The quantitative estimate of drug-likeness (QED) is 0.725. The number of hydrogen-bond acceptors (Lipinski definition) is 2. The molecule has 0 unspecified atom stereocenters. The van der Waals surface area contributed by atoms with Gasteiger partial charge in [-0.3, -0.25) is 4.57 Å². The molecular weight excluding hydrogens is 154 g/mol. The van der Waals surface area contributed by atoms with Crippen molar-refractivity contribution in [2.45, 2.75) is 38.6 Å². The molecule has 4 heteroatoms. The summed E-state index contributed by atoms with van der Waals surface area (Å²) in [6.45, 7) is 2.86. The summed E-state index contributed by atoms with van der Waals surface area (Å²) in [5.41, 5.74) is -0.0567. The minimum Gasteiger partial charge on any atom is -0.279 e. The molecule has 1 aromatic heterocycles. The summed E-state index contributed by atoms with van der Waals surface area (Å²) in [5.74, 6) is 1.51. The fraction of sp³-hybridized carbons (Fsp3) is 0.750. The van der Waals surface area contributed by atoms with Crippen LogP contribution in [-0.2, 0) is 6.54 Å². The van der Waals surface area contributed by atoms with E-state index in [1.165, 1.54) is 12.8 Å². The Morgan fingerprint density at radius 1 is 1.67 bits per heavy atom. The zero-order valence-corrected chi connectivity index (χ0v) is 7.21. The van der Waals surface area contributed by atoms with Gasteiger partial charge in [0.05, 0.1) is 0 Å². The van der Waals surface area contributed by atoms with E-state index < -0.39 is 0 Å². The average molecular weight is 167 g/mol. The van der Waals surface area contributed by atoms with Crippen LogP contribution < -0.4 is 5.69 Å². The van der Waals surface area contributed by atoms with Crippen LogP contribution in [0.2, 0.25) is 0 Å².